The molecular weight excluding hydrogens is 280 g/mol. The highest BCUT2D eigenvalue weighted by Gasteiger charge is 2.17. The molecule has 1 saturated heterocycles. The Labute approximate surface area is 128 Å². The number of rotatable bonds is 3. The Hall–Kier alpha value is -2.14. The van der Waals surface area contributed by atoms with Gasteiger partial charge in [-0.3, -0.25) is 9.59 Å². The summed E-state index contributed by atoms with van der Waals surface area (Å²) >= 11 is 0. The number of hydrogen-bond donors (Lipinski definition) is 2. The van der Waals surface area contributed by atoms with Gasteiger partial charge in [0.05, 0.1) is 18.0 Å². The molecule has 1 aromatic heterocycles. The number of fused-ring (bicyclic) bond motifs is 1. The van der Waals surface area contributed by atoms with Crippen LogP contribution in [0.5, 0.6) is 0 Å². The molecule has 1 fully saturated rings. The standard InChI is InChI=1S/C17H20N2O3/c1-11-8-12-5-6-13(9-15(12)19-17(11)21)18-16(20)10-14-4-2-3-7-22-14/h5-6,8-9,14H,2-4,7,10H2,1H3,(H,18,20)(H,19,21). The van der Waals surface area contributed by atoms with E-state index < -0.39 is 0 Å². The highest BCUT2D eigenvalue weighted by Crippen LogP contribution is 2.19. The van der Waals surface area contributed by atoms with Gasteiger partial charge in [0.1, 0.15) is 0 Å². The lowest BCUT2D eigenvalue weighted by Gasteiger charge is -2.21. The maximum atomic E-state index is 12.1. The minimum atomic E-state index is -0.105. The number of nitrogens with one attached hydrogen (secondary N) is 2. The molecule has 0 radical (unpaired) electrons. The molecule has 5 heteroatoms. The number of aromatic nitrogens is 1. The normalized spacial score (nSPS) is 18.3. The van der Waals surface area contributed by atoms with Gasteiger partial charge < -0.3 is 15.0 Å². The lowest BCUT2D eigenvalue weighted by atomic mass is 10.1. The first kappa shape index (κ1) is 14.8. The van der Waals surface area contributed by atoms with Crippen LogP contribution >= 0.6 is 0 Å². The highest BCUT2D eigenvalue weighted by atomic mass is 16.5. The third-order valence-electron chi connectivity index (χ3n) is 4.00. The molecule has 1 atom stereocenters. The summed E-state index contributed by atoms with van der Waals surface area (Å²) < 4.78 is 5.58. The van der Waals surface area contributed by atoms with Crippen LogP contribution in [-0.2, 0) is 9.53 Å². The topological polar surface area (TPSA) is 71.2 Å². The first-order valence-electron chi connectivity index (χ1n) is 7.67. The van der Waals surface area contributed by atoms with Crippen LogP contribution in [-0.4, -0.2) is 23.6 Å². The van der Waals surface area contributed by atoms with E-state index in [4.69, 9.17) is 4.74 Å². The van der Waals surface area contributed by atoms with Crippen molar-refractivity contribution in [3.05, 3.63) is 40.2 Å². The van der Waals surface area contributed by atoms with E-state index in [0.29, 0.717) is 17.7 Å². The Bertz CT molecular complexity index is 745. The van der Waals surface area contributed by atoms with Crippen LogP contribution in [0, 0.1) is 6.92 Å². The highest BCUT2D eigenvalue weighted by molar-refractivity contribution is 5.93. The second-order valence-corrected chi connectivity index (χ2v) is 5.82. The van der Waals surface area contributed by atoms with Crippen molar-refractivity contribution in [2.45, 2.75) is 38.7 Å². The van der Waals surface area contributed by atoms with Gasteiger partial charge in [-0.2, -0.15) is 0 Å². The number of hydrogen-bond acceptors (Lipinski definition) is 3. The summed E-state index contributed by atoms with van der Waals surface area (Å²) in [5.41, 5.74) is 1.99. The van der Waals surface area contributed by atoms with Gasteiger partial charge in [0.2, 0.25) is 5.91 Å². The van der Waals surface area contributed by atoms with Gasteiger partial charge in [-0.05, 0) is 49.8 Å². The Morgan fingerprint density at radius 2 is 2.23 bits per heavy atom. The molecule has 2 N–H and O–H groups in total. The van der Waals surface area contributed by atoms with Crippen molar-refractivity contribution in [1.29, 1.82) is 0 Å². The van der Waals surface area contributed by atoms with Crippen LogP contribution in [0.2, 0.25) is 0 Å². The smallest absolute Gasteiger partial charge is 0.251 e. The molecule has 0 aliphatic carbocycles. The fourth-order valence-corrected chi connectivity index (χ4v) is 2.78. The molecule has 2 aromatic rings. The largest absolute Gasteiger partial charge is 0.378 e. The number of aromatic amines is 1. The van der Waals surface area contributed by atoms with E-state index in [9.17, 15) is 9.59 Å². The summed E-state index contributed by atoms with van der Waals surface area (Å²) in [5.74, 6) is -0.0549. The zero-order valence-corrected chi connectivity index (χ0v) is 12.6. The van der Waals surface area contributed by atoms with Gasteiger partial charge in [0.25, 0.3) is 5.56 Å². The number of carbonyl (C=O) groups is 1. The number of ether oxygens (including phenoxy) is 1. The Morgan fingerprint density at radius 3 is 3.00 bits per heavy atom. The molecule has 116 valence electrons. The number of amides is 1. The minimum absolute atomic E-state index is 0.0247. The van der Waals surface area contributed by atoms with Crippen LogP contribution < -0.4 is 10.9 Å². The fourth-order valence-electron chi connectivity index (χ4n) is 2.78. The predicted molar refractivity (Wildman–Crippen MR) is 86.1 cm³/mol. The van der Waals surface area contributed by atoms with Crippen LogP contribution in [0.1, 0.15) is 31.2 Å². The summed E-state index contributed by atoms with van der Waals surface area (Å²) in [5, 5.41) is 3.82. The summed E-state index contributed by atoms with van der Waals surface area (Å²) in [6, 6.07) is 7.37. The summed E-state index contributed by atoms with van der Waals surface area (Å²) in [6.07, 6.45) is 3.54. The molecule has 1 aromatic carbocycles. The van der Waals surface area contributed by atoms with Gasteiger partial charge in [0.15, 0.2) is 0 Å². The molecule has 0 saturated carbocycles. The Balaban J connectivity index is 1.71. The first-order valence-corrected chi connectivity index (χ1v) is 7.67. The summed E-state index contributed by atoms with van der Waals surface area (Å²) in [6.45, 7) is 2.52. The van der Waals surface area contributed by atoms with Gasteiger partial charge in [-0.25, -0.2) is 0 Å². The lowest BCUT2D eigenvalue weighted by Crippen LogP contribution is -2.25. The summed E-state index contributed by atoms with van der Waals surface area (Å²) in [7, 11) is 0. The number of H-pyrrole nitrogens is 1. The van der Waals surface area contributed by atoms with Gasteiger partial charge in [-0.15, -0.1) is 0 Å². The van der Waals surface area contributed by atoms with Crippen molar-refractivity contribution in [3.8, 4) is 0 Å². The minimum Gasteiger partial charge on any atom is -0.378 e. The van der Waals surface area contributed by atoms with Crippen LogP contribution in [0.3, 0.4) is 0 Å². The molecule has 1 aliphatic heterocycles. The summed E-state index contributed by atoms with van der Waals surface area (Å²) in [4.78, 5) is 26.6. The van der Waals surface area contributed by atoms with Crippen molar-refractivity contribution in [3.63, 3.8) is 0 Å². The van der Waals surface area contributed by atoms with Crippen molar-refractivity contribution < 1.29 is 9.53 Å². The van der Waals surface area contributed by atoms with E-state index in [1.165, 1.54) is 0 Å². The quantitative estimate of drug-likeness (QED) is 0.915. The maximum Gasteiger partial charge on any atom is 0.251 e. The monoisotopic (exact) mass is 300 g/mol. The van der Waals surface area contributed by atoms with Crippen molar-refractivity contribution >= 4 is 22.5 Å². The third-order valence-corrected chi connectivity index (χ3v) is 4.00. The second kappa shape index (κ2) is 6.32. The molecular formula is C17H20N2O3. The van der Waals surface area contributed by atoms with Crippen molar-refractivity contribution in [2.75, 3.05) is 11.9 Å². The Kier molecular flexibility index (Phi) is 4.24. The van der Waals surface area contributed by atoms with E-state index in [-0.39, 0.29) is 17.6 Å². The van der Waals surface area contributed by atoms with E-state index in [1.54, 1.807) is 13.0 Å². The molecule has 0 spiro atoms. The average molecular weight is 300 g/mol. The average Bonchev–Trinajstić information content (AvgIpc) is 2.49. The number of aryl methyl sites for hydroxylation is 1. The van der Waals surface area contributed by atoms with Crippen LogP contribution in [0.25, 0.3) is 10.9 Å². The van der Waals surface area contributed by atoms with Gasteiger partial charge in [0, 0.05) is 17.9 Å². The number of pyridine rings is 1. The van der Waals surface area contributed by atoms with E-state index in [2.05, 4.69) is 10.3 Å². The van der Waals surface area contributed by atoms with Gasteiger partial charge in [-0.1, -0.05) is 6.07 Å². The number of carbonyl (C=O) groups excluding carboxylic acids is 1. The molecule has 1 aliphatic rings. The third kappa shape index (κ3) is 3.36. The molecule has 0 bridgehead atoms. The molecule has 22 heavy (non-hydrogen) atoms. The molecule has 1 unspecified atom stereocenters. The van der Waals surface area contributed by atoms with E-state index in [0.717, 1.165) is 36.8 Å². The van der Waals surface area contributed by atoms with Crippen molar-refractivity contribution in [2.24, 2.45) is 0 Å². The maximum absolute atomic E-state index is 12.1. The molecule has 2 heterocycles. The van der Waals surface area contributed by atoms with Crippen LogP contribution in [0.15, 0.2) is 29.1 Å². The lowest BCUT2D eigenvalue weighted by molar-refractivity contribution is -0.119. The second-order valence-electron chi connectivity index (χ2n) is 5.82. The molecule has 1 amide bonds. The van der Waals surface area contributed by atoms with E-state index in [1.807, 2.05) is 18.2 Å². The van der Waals surface area contributed by atoms with E-state index >= 15 is 0 Å². The van der Waals surface area contributed by atoms with Crippen LogP contribution in [0.4, 0.5) is 5.69 Å². The molecule has 5 nitrogen and oxygen atoms in total. The number of anilines is 1. The zero-order valence-electron chi connectivity index (χ0n) is 12.6. The predicted octanol–water partition coefficient (Wildman–Crippen LogP) is 2.73. The first-order chi connectivity index (χ1) is 10.6. The van der Waals surface area contributed by atoms with Crippen molar-refractivity contribution in [1.82, 2.24) is 4.98 Å². The number of benzene rings is 1. The molecule has 3 rings (SSSR count). The Morgan fingerprint density at radius 1 is 1.36 bits per heavy atom. The SMILES string of the molecule is Cc1cc2ccc(NC(=O)CC3CCCCO3)cc2[nH]c1=O. The zero-order chi connectivity index (χ0) is 15.5. The van der Waals surface area contributed by atoms with Gasteiger partial charge >= 0.3 is 0 Å². The fraction of sp³-hybridized carbons (Fsp3) is 0.412.